The van der Waals surface area contributed by atoms with Crippen molar-refractivity contribution in [1.29, 1.82) is 0 Å². The van der Waals surface area contributed by atoms with Crippen LogP contribution in [0.3, 0.4) is 0 Å². The minimum absolute atomic E-state index is 0.418. The summed E-state index contributed by atoms with van der Waals surface area (Å²) in [6.07, 6.45) is 3.03. The minimum atomic E-state index is -0.472. The van der Waals surface area contributed by atoms with E-state index in [4.69, 9.17) is 14.2 Å². The van der Waals surface area contributed by atoms with Gasteiger partial charge in [-0.15, -0.1) is 0 Å². The van der Waals surface area contributed by atoms with Crippen molar-refractivity contribution >= 4 is 6.09 Å². The molecule has 0 aliphatic heterocycles. The number of carbonyl (C=O) groups is 1. The number of carbonyl (C=O) groups excluding carboxylic acids is 1. The Labute approximate surface area is 126 Å². The summed E-state index contributed by atoms with van der Waals surface area (Å²) in [4.78, 5) is 11.4. The van der Waals surface area contributed by atoms with Gasteiger partial charge >= 0.3 is 6.09 Å². The van der Waals surface area contributed by atoms with Crippen molar-refractivity contribution in [2.75, 3.05) is 33.0 Å². The van der Waals surface area contributed by atoms with E-state index in [1.54, 1.807) is 12.1 Å². The summed E-state index contributed by atoms with van der Waals surface area (Å²) < 4.78 is 15.8. The highest BCUT2D eigenvalue weighted by Gasteiger charge is 2.02. The Balaban J connectivity index is 1.89. The van der Waals surface area contributed by atoms with Crippen LogP contribution in [0.5, 0.6) is 5.75 Å². The third-order valence-corrected chi connectivity index (χ3v) is 2.73. The van der Waals surface area contributed by atoms with Crippen molar-refractivity contribution in [3.8, 4) is 5.75 Å². The van der Waals surface area contributed by atoms with Gasteiger partial charge in [-0.1, -0.05) is 38.0 Å². The second-order valence-electron chi connectivity index (χ2n) is 4.56. The summed E-state index contributed by atoms with van der Waals surface area (Å²) in [6.45, 7) is 4.96. The third-order valence-electron chi connectivity index (χ3n) is 2.73. The van der Waals surface area contributed by atoms with E-state index in [1.165, 1.54) is 12.8 Å². The fourth-order valence-corrected chi connectivity index (χ4v) is 1.63. The zero-order valence-electron chi connectivity index (χ0n) is 12.7. The predicted molar refractivity (Wildman–Crippen MR) is 81.6 cm³/mol. The Morgan fingerprint density at radius 1 is 1.00 bits per heavy atom. The number of benzene rings is 1. The van der Waals surface area contributed by atoms with E-state index >= 15 is 0 Å². The summed E-state index contributed by atoms with van der Waals surface area (Å²) in [5.41, 5.74) is 0. The average Bonchev–Trinajstić information content (AvgIpc) is 2.50. The molecule has 5 nitrogen and oxygen atoms in total. The first-order valence-electron chi connectivity index (χ1n) is 7.49. The van der Waals surface area contributed by atoms with Crippen LogP contribution in [0, 0.1) is 0 Å². The van der Waals surface area contributed by atoms with Crippen molar-refractivity contribution in [3.63, 3.8) is 0 Å². The van der Waals surface area contributed by atoms with Gasteiger partial charge < -0.3 is 19.5 Å². The molecule has 1 aromatic rings. The van der Waals surface area contributed by atoms with Crippen LogP contribution in [0.25, 0.3) is 0 Å². The van der Waals surface area contributed by atoms with E-state index in [2.05, 4.69) is 12.2 Å². The Morgan fingerprint density at radius 2 is 1.71 bits per heavy atom. The smallest absolute Gasteiger partial charge is 0.410 e. The van der Waals surface area contributed by atoms with Crippen LogP contribution in [0.1, 0.15) is 26.2 Å². The molecule has 0 aromatic heterocycles. The molecule has 118 valence electrons. The standard InChI is InChI=1S/C16H25NO4/c1-2-3-7-11-19-13-14-20-12-10-17-16(18)21-15-8-5-4-6-9-15/h4-6,8-9H,2-3,7,10-14H2,1H3,(H,17,18). The van der Waals surface area contributed by atoms with Gasteiger partial charge in [0.25, 0.3) is 0 Å². The molecule has 1 rings (SSSR count). The van der Waals surface area contributed by atoms with Crippen molar-refractivity contribution < 1.29 is 19.0 Å². The van der Waals surface area contributed by atoms with Crippen LogP contribution in [-0.2, 0) is 9.47 Å². The molecule has 0 heterocycles. The normalized spacial score (nSPS) is 10.3. The number of rotatable bonds is 11. The van der Waals surface area contributed by atoms with Crippen molar-refractivity contribution in [3.05, 3.63) is 30.3 Å². The van der Waals surface area contributed by atoms with Gasteiger partial charge in [-0.3, -0.25) is 0 Å². The lowest BCUT2D eigenvalue weighted by Crippen LogP contribution is -2.30. The minimum Gasteiger partial charge on any atom is -0.410 e. The van der Waals surface area contributed by atoms with E-state index in [9.17, 15) is 4.79 Å². The van der Waals surface area contributed by atoms with Crippen LogP contribution in [-0.4, -0.2) is 39.1 Å². The Kier molecular flexibility index (Phi) is 10.1. The molecule has 0 atom stereocenters. The predicted octanol–water partition coefficient (Wildman–Crippen LogP) is 3.00. The largest absolute Gasteiger partial charge is 0.412 e. The highest BCUT2D eigenvalue weighted by atomic mass is 16.6. The fraction of sp³-hybridized carbons (Fsp3) is 0.562. The molecule has 1 N–H and O–H groups in total. The van der Waals surface area contributed by atoms with E-state index < -0.39 is 6.09 Å². The van der Waals surface area contributed by atoms with Crippen molar-refractivity contribution in [2.24, 2.45) is 0 Å². The summed E-state index contributed by atoms with van der Waals surface area (Å²) >= 11 is 0. The SMILES string of the molecule is CCCCCOCCOCCNC(=O)Oc1ccccc1. The number of hydrogen-bond donors (Lipinski definition) is 1. The van der Waals surface area contributed by atoms with E-state index in [-0.39, 0.29) is 0 Å². The Morgan fingerprint density at radius 3 is 2.43 bits per heavy atom. The van der Waals surface area contributed by atoms with Gasteiger partial charge in [0.15, 0.2) is 0 Å². The van der Waals surface area contributed by atoms with Crippen molar-refractivity contribution in [1.82, 2.24) is 5.32 Å². The first kappa shape index (κ1) is 17.5. The Bertz CT molecular complexity index is 370. The highest BCUT2D eigenvalue weighted by Crippen LogP contribution is 2.07. The lowest BCUT2D eigenvalue weighted by Gasteiger charge is -2.07. The van der Waals surface area contributed by atoms with Gasteiger partial charge in [-0.05, 0) is 18.6 Å². The molecule has 0 fully saturated rings. The maximum absolute atomic E-state index is 11.4. The van der Waals surface area contributed by atoms with Crippen LogP contribution in [0.4, 0.5) is 4.79 Å². The molecule has 21 heavy (non-hydrogen) atoms. The molecular formula is C16H25NO4. The monoisotopic (exact) mass is 295 g/mol. The fourth-order valence-electron chi connectivity index (χ4n) is 1.63. The highest BCUT2D eigenvalue weighted by molar-refractivity contribution is 5.70. The van der Waals surface area contributed by atoms with E-state index in [0.29, 0.717) is 32.1 Å². The molecule has 0 saturated heterocycles. The number of nitrogens with one attached hydrogen (secondary N) is 1. The topological polar surface area (TPSA) is 56.8 Å². The van der Waals surface area contributed by atoms with Gasteiger partial charge in [0.1, 0.15) is 5.75 Å². The Hall–Kier alpha value is -1.59. The van der Waals surface area contributed by atoms with Gasteiger partial charge in [0.05, 0.1) is 19.8 Å². The van der Waals surface area contributed by atoms with Gasteiger partial charge in [-0.2, -0.15) is 0 Å². The number of ether oxygens (including phenoxy) is 3. The van der Waals surface area contributed by atoms with Crippen LogP contribution in [0.2, 0.25) is 0 Å². The maximum atomic E-state index is 11.4. The molecule has 1 amide bonds. The average molecular weight is 295 g/mol. The quantitative estimate of drug-likeness (QED) is 0.638. The zero-order chi connectivity index (χ0) is 15.2. The van der Waals surface area contributed by atoms with E-state index in [0.717, 1.165) is 13.0 Å². The molecule has 0 aliphatic carbocycles. The molecule has 0 aliphatic rings. The first-order valence-corrected chi connectivity index (χ1v) is 7.49. The van der Waals surface area contributed by atoms with Crippen LogP contribution < -0.4 is 10.1 Å². The molecule has 5 heteroatoms. The molecule has 0 unspecified atom stereocenters. The van der Waals surface area contributed by atoms with E-state index in [1.807, 2.05) is 18.2 Å². The number of para-hydroxylation sites is 1. The second kappa shape index (κ2) is 12.2. The lowest BCUT2D eigenvalue weighted by atomic mass is 10.3. The maximum Gasteiger partial charge on any atom is 0.412 e. The molecule has 0 spiro atoms. The second-order valence-corrected chi connectivity index (χ2v) is 4.56. The van der Waals surface area contributed by atoms with Gasteiger partial charge in [0, 0.05) is 13.2 Å². The molecule has 0 saturated carbocycles. The lowest BCUT2D eigenvalue weighted by molar-refractivity contribution is 0.0476. The summed E-state index contributed by atoms with van der Waals surface area (Å²) in [7, 11) is 0. The molecular weight excluding hydrogens is 270 g/mol. The summed E-state index contributed by atoms with van der Waals surface area (Å²) in [6, 6.07) is 8.94. The first-order chi connectivity index (χ1) is 10.3. The molecule has 1 aromatic carbocycles. The zero-order valence-corrected chi connectivity index (χ0v) is 12.7. The van der Waals surface area contributed by atoms with Gasteiger partial charge in [0.2, 0.25) is 0 Å². The molecule has 0 bridgehead atoms. The number of unbranched alkanes of at least 4 members (excludes halogenated alkanes) is 2. The van der Waals surface area contributed by atoms with Gasteiger partial charge in [-0.25, -0.2) is 4.79 Å². The summed E-state index contributed by atoms with van der Waals surface area (Å²) in [5.74, 6) is 0.524. The molecule has 0 radical (unpaired) electrons. The van der Waals surface area contributed by atoms with Crippen LogP contribution in [0.15, 0.2) is 30.3 Å². The van der Waals surface area contributed by atoms with Crippen LogP contribution >= 0.6 is 0 Å². The number of amides is 1. The summed E-state index contributed by atoms with van der Waals surface area (Å²) in [5, 5.41) is 2.62. The third kappa shape index (κ3) is 9.87. The van der Waals surface area contributed by atoms with Crippen molar-refractivity contribution in [2.45, 2.75) is 26.2 Å². The number of hydrogen-bond acceptors (Lipinski definition) is 4.